The van der Waals surface area contributed by atoms with E-state index < -0.39 is 42.4 Å². The Balaban J connectivity index is 4.56. The van der Waals surface area contributed by atoms with Crippen LogP contribution in [0.15, 0.2) is 0 Å². The number of aliphatic carboxylic acids is 3. The quantitative estimate of drug-likeness (QED) is 0.405. The van der Waals surface area contributed by atoms with Gasteiger partial charge in [-0.15, -0.1) is 0 Å². The fraction of sp³-hybridized carbons (Fsp3) is 0.667. The van der Waals surface area contributed by atoms with Crippen LogP contribution in [-0.4, -0.2) is 51.3 Å². The Morgan fingerprint density at radius 2 is 1.38 bits per heavy atom. The SMILES string of the molecule is CC(C)C[C@H](NC(=O)NC(CCC(=O)O)C(=O)O)C(=O)O. The number of carbonyl (C=O) groups is 4. The highest BCUT2D eigenvalue weighted by molar-refractivity contribution is 5.86. The Labute approximate surface area is 121 Å². The van der Waals surface area contributed by atoms with Crippen molar-refractivity contribution in [3.05, 3.63) is 0 Å². The first-order valence-corrected chi connectivity index (χ1v) is 6.38. The van der Waals surface area contributed by atoms with Gasteiger partial charge in [-0.25, -0.2) is 14.4 Å². The van der Waals surface area contributed by atoms with Crippen LogP contribution in [0.25, 0.3) is 0 Å². The van der Waals surface area contributed by atoms with Crippen LogP contribution in [0, 0.1) is 5.92 Å². The molecule has 0 aromatic carbocycles. The number of hydrogen-bond donors (Lipinski definition) is 5. The molecule has 0 radical (unpaired) electrons. The maximum Gasteiger partial charge on any atom is 0.326 e. The molecule has 9 heteroatoms. The summed E-state index contributed by atoms with van der Waals surface area (Å²) in [6, 6.07) is -3.49. The molecule has 0 rings (SSSR count). The van der Waals surface area contributed by atoms with E-state index in [-0.39, 0.29) is 18.8 Å². The number of carboxylic acid groups (broad SMARTS) is 3. The van der Waals surface area contributed by atoms with Gasteiger partial charge in [0.15, 0.2) is 0 Å². The van der Waals surface area contributed by atoms with Crippen molar-refractivity contribution in [2.75, 3.05) is 0 Å². The van der Waals surface area contributed by atoms with Crippen LogP contribution in [0.2, 0.25) is 0 Å². The smallest absolute Gasteiger partial charge is 0.326 e. The van der Waals surface area contributed by atoms with Gasteiger partial charge >= 0.3 is 23.9 Å². The molecule has 5 N–H and O–H groups in total. The molecule has 0 saturated heterocycles. The molecule has 2 atom stereocenters. The van der Waals surface area contributed by atoms with Gasteiger partial charge in [0.1, 0.15) is 12.1 Å². The van der Waals surface area contributed by atoms with E-state index in [2.05, 4.69) is 10.6 Å². The summed E-state index contributed by atoms with van der Waals surface area (Å²) < 4.78 is 0. The second kappa shape index (κ2) is 8.77. The summed E-state index contributed by atoms with van der Waals surface area (Å²) in [6.07, 6.45) is -0.527. The van der Waals surface area contributed by atoms with Gasteiger partial charge in [0.25, 0.3) is 0 Å². The lowest BCUT2D eigenvalue weighted by Gasteiger charge is -2.19. The first kappa shape index (κ1) is 18.7. The van der Waals surface area contributed by atoms with E-state index in [4.69, 9.17) is 15.3 Å². The number of carbonyl (C=O) groups excluding carboxylic acids is 1. The third-order valence-corrected chi connectivity index (χ3v) is 2.56. The fourth-order valence-corrected chi connectivity index (χ4v) is 1.58. The van der Waals surface area contributed by atoms with Crippen molar-refractivity contribution in [1.82, 2.24) is 10.6 Å². The molecule has 120 valence electrons. The molecule has 21 heavy (non-hydrogen) atoms. The van der Waals surface area contributed by atoms with Crippen molar-refractivity contribution in [3.63, 3.8) is 0 Å². The minimum absolute atomic E-state index is 0.0219. The van der Waals surface area contributed by atoms with Gasteiger partial charge in [-0.1, -0.05) is 13.8 Å². The average molecular weight is 304 g/mol. The van der Waals surface area contributed by atoms with Crippen molar-refractivity contribution >= 4 is 23.9 Å². The highest BCUT2D eigenvalue weighted by Crippen LogP contribution is 2.05. The highest BCUT2D eigenvalue weighted by Gasteiger charge is 2.25. The molecule has 0 aliphatic heterocycles. The van der Waals surface area contributed by atoms with Crippen molar-refractivity contribution in [3.8, 4) is 0 Å². The summed E-state index contributed by atoms with van der Waals surface area (Å²) in [7, 11) is 0. The van der Waals surface area contributed by atoms with Crippen molar-refractivity contribution in [1.29, 1.82) is 0 Å². The Kier molecular flexibility index (Phi) is 7.80. The second-order valence-electron chi connectivity index (χ2n) is 4.96. The summed E-state index contributed by atoms with van der Waals surface area (Å²) in [5.41, 5.74) is 0. The summed E-state index contributed by atoms with van der Waals surface area (Å²) in [4.78, 5) is 43.9. The average Bonchev–Trinajstić information content (AvgIpc) is 2.32. The molecule has 1 unspecified atom stereocenters. The van der Waals surface area contributed by atoms with Crippen LogP contribution in [-0.2, 0) is 14.4 Å². The zero-order valence-electron chi connectivity index (χ0n) is 11.8. The van der Waals surface area contributed by atoms with Crippen LogP contribution in [0.4, 0.5) is 4.79 Å². The minimum Gasteiger partial charge on any atom is -0.481 e. The lowest BCUT2D eigenvalue weighted by Crippen LogP contribution is -2.51. The molecule has 0 fully saturated rings. The molecule has 9 nitrogen and oxygen atoms in total. The van der Waals surface area contributed by atoms with Gasteiger partial charge in [0, 0.05) is 6.42 Å². The van der Waals surface area contributed by atoms with Crippen molar-refractivity contribution in [2.24, 2.45) is 5.92 Å². The van der Waals surface area contributed by atoms with Crippen molar-refractivity contribution in [2.45, 2.75) is 45.2 Å². The molecule has 0 heterocycles. The van der Waals surface area contributed by atoms with Crippen LogP contribution in [0.3, 0.4) is 0 Å². The lowest BCUT2D eigenvalue weighted by molar-refractivity contribution is -0.141. The summed E-state index contributed by atoms with van der Waals surface area (Å²) in [5.74, 6) is -3.78. The first-order valence-electron chi connectivity index (χ1n) is 6.38. The molecule has 2 amide bonds. The molecule has 0 aromatic heterocycles. The molecular weight excluding hydrogens is 284 g/mol. The molecule has 0 saturated carbocycles. The Hall–Kier alpha value is -2.32. The van der Waals surface area contributed by atoms with Gasteiger partial charge in [-0.3, -0.25) is 4.79 Å². The summed E-state index contributed by atoms with van der Waals surface area (Å²) in [5, 5.41) is 30.5. The number of urea groups is 1. The van der Waals surface area contributed by atoms with E-state index in [0.717, 1.165) is 0 Å². The largest absolute Gasteiger partial charge is 0.481 e. The zero-order chi connectivity index (χ0) is 16.6. The van der Waals surface area contributed by atoms with Crippen LogP contribution in [0.5, 0.6) is 0 Å². The third-order valence-electron chi connectivity index (χ3n) is 2.56. The predicted octanol–water partition coefficient (Wildman–Crippen LogP) is 0.103. The van der Waals surface area contributed by atoms with Crippen LogP contribution in [0.1, 0.15) is 33.1 Å². The molecule has 0 bridgehead atoms. The van der Waals surface area contributed by atoms with Crippen molar-refractivity contribution < 1.29 is 34.5 Å². The second-order valence-corrected chi connectivity index (χ2v) is 4.96. The monoisotopic (exact) mass is 304 g/mol. The normalized spacial score (nSPS) is 13.3. The van der Waals surface area contributed by atoms with E-state index in [1.165, 1.54) is 0 Å². The predicted molar refractivity (Wildman–Crippen MR) is 70.8 cm³/mol. The minimum atomic E-state index is -1.39. The summed E-state index contributed by atoms with van der Waals surface area (Å²) >= 11 is 0. The Bertz CT molecular complexity index is 408. The Morgan fingerprint density at radius 3 is 1.76 bits per heavy atom. The zero-order valence-corrected chi connectivity index (χ0v) is 11.8. The van der Waals surface area contributed by atoms with Gasteiger partial charge < -0.3 is 26.0 Å². The molecule has 0 aliphatic carbocycles. The first-order chi connectivity index (χ1) is 9.63. The van der Waals surface area contributed by atoms with Gasteiger partial charge in [0.05, 0.1) is 0 Å². The van der Waals surface area contributed by atoms with Gasteiger partial charge in [-0.2, -0.15) is 0 Å². The molecule has 0 aliphatic rings. The number of amides is 2. The highest BCUT2D eigenvalue weighted by atomic mass is 16.4. The van der Waals surface area contributed by atoms with Gasteiger partial charge in [0.2, 0.25) is 0 Å². The lowest BCUT2D eigenvalue weighted by atomic mass is 10.0. The molecular formula is C12H20N2O7. The maximum absolute atomic E-state index is 11.6. The van der Waals surface area contributed by atoms with E-state index in [9.17, 15) is 19.2 Å². The number of hydrogen-bond acceptors (Lipinski definition) is 4. The third kappa shape index (κ3) is 8.45. The van der Waals surface area contributed by atoms with Crippen LogP contribution < -0.4 is 10.6 Å². The topological polar surface area (TPSA) is 153 Å². The fourth-order valence-electron chi connectivity index (χ4n) is 1.58. The van der Waals surface area contributed by atoms with Crippen LogP contribution >= 0.6 is 0 Å². The van der Waals surface area contributed by atoms with Gasteiger partial charge in [-0.05, 0) is 18.8 Å². The van der Waals surface area contributed by atoms with E-state index in [1.807, 2.05) is 0 Å². The van der Waals surface area contributed by atoms with E-state index >= 15 is 0 Å². The standard InChI is InChI=1S/C12H20N2O7/c1-6(2)5-8(11(19)20)14-12(21)13-7(10(17)18)3-4-9(15)16/h6-8H,3-5H2,1-2H3,(H,15,16)(H,17,18)(H,19,20)(H2,13,14,21)/t7?,8-/m0/s1. The Morgan fingerprint density at radius 1 is 0.905 bits per heavy atom. The molecule has 0 aromatic rings. The number of carboxylic acids is 3. The summed E-state index contributed by atoms with van der Waals surface area (Å²) in [6.45, 7) is 3.56. The van der Waals surface area contributed by atoms with E-state index in [1.54, 1.807) is 13.8 Å². The number of rotatable bonds is 9. The number of nitrogens with one attached hydrogen (secondary N) is 2. The van der Waals surface area contributed by atoms with E-state index in [0.29, 0.717) is 0 Å². The molecule has 0 spiro atoms. The maximum atomic E-state index is 11.6.